The van der Waals surface area contributed by atoms with E-state index in [1.807, 2.05) is 6.08 Å². The zero-order chi connectivity index (χ0) is 12.4. The maximum Gasteiger partial charge on any atom is 0.339 e. The van der Waals surface area contributed by atoms with E-state index in [-0.39, 0.29) is 42.2 Å². The molecule has 5 nitrogen and oxygen atoms in total. The average Bonchev–Trinajstić information content (AvgIpc) is 2.35. The topological polar surface area (TPSA) is 74.0 Å². The highest BCUT2D eigenvalue weighted by molar-refractivity contribution is 5.86. The first-order valence-electron chi connectivity index (χ1n) is 6.14. The number of hydrogen-bond donors (Lipinski definition) is 2. The molecular weight excluding hydrogens is 222 g/mol. The van der Waals surface area contributed by atoms with Crippen molar-refractivity contribution in [2.24, 2.45) is 5.92 Å². The molecule has 4 atom stereocenters. The molecule has 0 radical (unpaired) electrons. The van der Waals surface area contributed by atoms with E-state index in [0.29, 0.717) is 5.57 Å². The Morgan fingerprint density at radius 3 is 3.00 bits per heavy atom. The number of carbonyl (C=O) groups is 1. The zero-order valence-corrected chi connectivity index (χ0v) is 10.0. The molecule has 1 amide bonds. The molecule has 0 saturated carbocycles. The number of quaternary nitrogens is 1. The summed E-state index contributed by atoms with van der Waals surface area (Å²) in [5.74, 6) is -0.370. The minimum atomic E-state index is -0.365. The predicted octanol–water partition coefficient (Wildman–Crippen LogP) is -0.598. The van der Waals surface area contributed by atoms with Gasteiger partial charge in [-0.1, -0.05) is 6.08 Å². The number of rotatable bonds is 2. The minimum absolute atomic E-state index is 0.00505. The number of hydroxylamine groups is 2. The molecule has 4 unspecified atom stereocenters. The number of amides is 1. The van der Waals surface area contributed by atoms with Crippen LogP contribution in [0, 0.1) is 11.1 Å². The molecule has 2 aliphatic rings. The number of ether oxygens (including phenoxy) is 1. The maximum absolute atomic E-state index is 11.5. The van der Waals surface area contributed by atoms with Crippen LogP contribution in [0.1, 0.15) is 26.2 Å². The van der Waals surface area contributed by atoms with Crippen LogP contribution in [0.3, 0.4) is 0 Å². The van der Waals surface area contributed by atoms with Crippen LogP contribution in [0.5, 0.6) is 0 Å². The standard InChI is InChI=1S/C12H19NO4/c1-8-5-9(6-13(16)12(8)15)11-4-2-3-10(7-14)17-11/h5,9-11,13-14H,2-4,6-7H2,1H3. The summed E-state index contributed by atoms with van der Waals surface area (Å²) < 4.78 is 5.75. The van der Waals surface area contributed by atoms with Crippen LogP contribution in [0.25, 0.3) is 0 Å². The molecule has 1 saturated heterocycles. The average molecular weight is 241 g/mol. The van der Waals surface area contributed by atoms with Gasteiger partial charge in [0.1, 0.15) is 0 Å². The maximum atomic E-state index is 11.5. The third kappa shape index (κ3) is 2.74. The zero-order valence-electron chi connectivity index (χ0n) is 10.0. The Morgan fingerprint density at radius 2 is 2.35 bits per heavy atom. The monoisotopic (exact) mass is 241 g/mol. The van der Waals surface area contributed by atoms with Gasteiger partial charge in [0.15, 0.2) is 0 Å². The first kappa shape index (κ1) is 12.7. The van der Waals surface area contributed by atoms with Gasteiger partial charge >= 0.3 is 5.91 Å². The van der Waals surface area contributed by atoms with Crippen molar-refractivity contribution >= 4 is 5.91 Å². The van der Waals surface area contributed by atoms with Crippen LogP contribution in [0.4, 0.5) is 0 Å². The van der Waals surface area contributed by atoms with Gasteiger partial charge in [-0.05, 0) is 26.2 Å². The van der Waals surface area contributed by atoms with Crippen molar-refractivity contribution in [3.05, 3.63) is 16.9 Å². The molecule has 0 aromatic carbocycles. The lowest BCUT2D eigenvalue weighted by molar-refractivity contribution is -0.768. The largest absolute Gasteiger partial charge is 0.626 e. The highest BCUT2D eigenvalue weighted by Crippen LogP contribution is 2.26. The van der Waals surface area contributed by atoms with Crippen molar-refractivity contribution in [1.29, 1.82) is 0 Å². The van der Waals surface area contributed by atoms with Gasteiger partial charge in [-0.3, -0.25) is 0 Å². The molecule has 0 aliphatic carbocycles. The quantitative estimate of drug-likeness (QED) is 0.633. The third-order valence-corrected chi connectivity index (χ3v) is 3.56. The van der Waals surface area contributed by atoms with Gasteiger partial charge in [0.25, 0.3) is 0 Å². The lowest BCUT2D eigenvalue weighted by atomic mass is 9.90. The molecule has 17 heavy (non-hydrogen) atoms. The van der Waals surface area contributed by atoms with E-state index in [4.69, 9.17) is 9.84 Å². The van der Waals surface area contributed by atoms with E-state index < -0.39 is 0 Å². The van der Waals surface area contributed by atoms with Crippen LogP contribution in [-0.4, -0.2) is 36.4 Å². The lowest BCUT2D eigenvalue weighted by Gasteiger charge is -2.37. The summed E-state index contributed by atoms with van der Waals surface area (Å²) in [6, 6.07) is 0. The summed E-state index contributed by atoms with van der Waals surface area (Å²) in [6.07, 6.45) is 4.47. The Bertz CT molecular complexity index is 328. The van der Waals surface area contributed by atoms with Crippen molar-refractivity contribution in [2.45, 2.75) is 38.4 Å². The fourth-order valence-electron chi connectivity index (χ4n) is 2.60. The summed E-state index contributed by atoms with van der Waals surface area (Å²) in [6.45, 7) is 1.95. The summed E-state index contributed by atoms with van der Waals surface area (Å²) in [5.41, 5.74) is 0.529. The second-order valence-electron chi connectivity index (χ2n) is 4.88. The molecule has 1 fully saturated rings. The second-order valence-corrected chi connectivity index (χ2v) is 4.88. The predicted molar refractivity (Wildman–Crippen MR) is 61.0 cm³/mol. The molecule has 2 aliphatic heterocycles. The van der Waals surface area contributed by atoms with Crippen molar-refractivity contribution in [3.8, 4) is 0 Å². The van der Waals surface area contributed by atoms with E-state index in [0.717, 1.165) is 19.3 Å². The molecule has 2 heterocycles. The van der Waals surface area contributed by atoms with Crippen LogP contribution < -0.4 is 5.06 Å². The molecule has 0 aromatic rings. The Balaban J connectivity index is 2.05. The van der Waals surface area contributed by atoms with Gasteiger partial charge in [0.2, 0.25) is 0 Å². The van der Waals surface area contributed by atoms with Crippen LogP contribution in [0.2, 0.25) is 0 Å². The first-order chi connectivity index (χ1) is 8.11. The van der Waals surface area contributed by atoms with Crippen molar-refractivity contribution < 1.29 is 19.7 Å². The number of hydrogen-bond acceptors (Lipinski definition) is 4. The first-order valence-corrected chi connectivity index (χ1v) is 6.14. The summed E-state index contributed by atoms with van der Waals surface area (Å²) in [4.78, 5) is 11.4. The number of nitrogens with one attached hydrogen (secondary N) is 1. The smallest absolute Gasteiger partial charge is 0.339 e. The Kier molecular flexibility index (Phi) is 3.93. The number of aliphatic hydroxyl groups is 1. The van der Waals surface area contributed by atoms with E-state index >= 15 is 0 Å². The van der Waals surface area contributed by atoms with Crippen molar-refractivity contribution in [3.63, 3.8) is 0 Å². The van der Waals surface area contributed by atoms with Crippen molar-refractivity contribution in [2.75, 3.05) is 13.2 Å². The molecule has 0 spiro atoms. The summed E-state index contributed by atoms with van der Waals surface area (Å²) in [5, 5.41) is 20.3. The highest BCUT2D eigenvalue weighted by Gasteiger charge is 2.34. The minimum Gasteiger partial charge on any atom is -0.626 e. The van der Waals surface area contributed by atoms with E-state index in [9.17, 15) is 10.0 Å². The van der Waals surface area contributed by atoms with Crippen LogP contribution in [0.15, 0.2) is 11.6 Å². The van der Waals surface area contributed by atoms with Gasteiger partial charge in [0.05, 0.1) is 36.9 Å². The SMILES string of the molecule is CC1=CC(C2CCCC(CO)O2)C[NH+]([O-])C1=O. The van der Waals surface area contributed by atoms with Crippen LogP contribution in [-0.2, 0) is 9.53 Å². The Hall–Kier alpha value is -0.750. The molecule has 96 valence electrons. The van der Waals surface area contributed by atoms with E-state index in [2.05, 4.69) is 0 Å². The fraction of sp³-hybridized carbons (Fsp3) is 0.750. The lowest BCUT2D eigenvalue weighted by Crippen LogP contribution is -3.11. The Labute approximate surface area is 101 Å². The normalized spacial score (nSPS) is 39.0. The number of carbonyl (C=O) groups excluding carboxylic acids is 1. The second kappa shape index (κ2) is 5.27. The van der Waals surface area contributed by atoms with Crippen molar-refractivity contribution in [1.82, 2.24) is 0 Å². The molecule has 5 heteroatoms. The van der Waals surface area contributed by atoms with Gasteiger partial charge in [-0.2, -0.15) is 0 Å². The van der Waals surface area contributed by atoms with Crippen LogP contribution >= 0.6 is 0 Å². The molecule has 0 aromatic heterocycles. The molecule has 2 N–H and O–H groups in total. The van der Waals surface area contributed by atoms with Gasteiger partial charge in [-0.15, -0.1) is 0 Å². The highest BCUT2D eigenvalue weighted by atomic mass is 16.5. The number of aliphatic hydroxyl groups excluding tert-OH is 1. The summed E-state index contributed by atoms with van der Waals surface area (Å²) in [7, 11) is 0. The fourth-order valence-corrected chi connectivity index (χ4v) is 2.60. The third-order valence-electron chi connectivity index (χ3n) is 3.56. The Morgan fingerprint density at radius 1 is 1.59 bits per heavy atom. The molecule has 0 bridgehead atoms. The van der Waals surface area contributed by atoms with E-state index in [1.54, 1.807) is 6.92 Å². The van der Waals surface area contributed by atoms with Gasteiger partial charge < -0.3 is 20.1 Å². The van der Waals surface area contributed by atoms with Gasteiger partial charge in [-0.25, -0.2) is 4.79 Å². The molecular formula is C12H19NO4. The van der Waals surface area contributed by atoms with Gasteiger partial charge in [0, 0.05) is 0 Å². The molecule has 2 rings (SSSR count). The summed E-state index contributed by atoms with van der Waals surface area (Å²) >= 11 is 0. The van der Waals surface area contributed by atoms with E-state index in [1.165, 1.54) is 0 Å².